The van der Waals surface area contributed by atoms with Crippen LogP contribution in [0.1, 0.15) is 0 Å². The average Bonchev–Trinajstić information content (AvgIpc) is 2.81. The Morgan fingerprint density at radius 3 is 0.912 bits per heavy atom. The summed E-state index contributed by atoms with van der Waals surface area (Å²) in [6.45, 7) is 7.23. The smallest absolute Gasteiger partial charge is 0.109 e. The van der Waals surface area contributed by atoms with E-state index in [2.05, 4.69) is 72.8 Å². The minimum absolute atomic E-state index is 0.894. The van der Waals surface area contributed by atoms with Gasteiger partial charge in [-0.2, -0.15) is 0 Å². The normalized spacial score (nSPS) is 12.4. The van der Waals surface area contributed by atoms with Gasteiger partial charge in [0.05, 0.1) is 0 Å². The number of hydrogen-bond donors (Lipinski definition) is 0. The summed E-state index contributed by atoms with van der Waals surface area (Å²) in [6, 6.07) is 33.4. The Bertz CT molecular complexity index is 1440. The van der Waals surface area contributed by atoms with Crippen molar-refractivity contribution < 1.29 is 9.13 Å². The first kappa shape index (κ1) is 22.9. The van der Waals surface area contributed by atoms with E-state index in [1.165, 1.54) is 32.7 Å². The molecular weight excluding hydrogens is 454 g/mol. The second kappa shape index (κ2) is 8.38. The van der Waals surface area contributed by atoms with Crippen molar-refractivity contribution in [3.63, 3.8) is 0 Å². The Morgan fingerprint density at radius 1 is 0.412 bits per heavy atom. The first-order valence-electron chi connectivity index (χ1n) is 11.4. The van der Waals surface area contributed by atoms with E-state index < -0.39 is 14.3 Å². The number of fused-ring (bicyclic) bond motifs is 2. The zero-order valence-electron chi connectivity index (χ0n) is 19.9. The van der Waals surface area contributed by atoms with Gasteiger partial charge in [-0.05, 0) is 70.5 Å². The SMILES string of the molecule is CP(C)(=O)c1ccc(-c2c3ccccc3c(-c3ccc(P(C)(C)=O)cc3)c3ccccc23)cc1. The average molecular weight is 483 g/mol. The summed E-state index contributed by atoms with van der Waals surface area (Å²) in [5.74, 6) is 0. The van der Waals surface area contributed by atoms with Crippen molar-refractivity contribution in [1.29, 1.82) is 0 Å². The molecule has 0 radical (unpaired) electrons. The highest BCUT2D eigenvalue weighted by molar-refractivity contribution is 7.70. The van der Waals surface area contributed by atoms with Crippen LogP contribution in [0.4, 0.5) is 0 Å². The molecule has 0 bridgehead atoms. The largest absolute Gasteiger partial charge is 0.319 e. The molecule has 0 aliphatic heterocycles. The molecule has 0 aliphatic carbocycles. The van der Waals surface area contributed by atoms with Gasteiger partial charge >= 0.3 is 0 Å². The maximum atomic E-state index is 12.6. The Balaban J connectivity index is 1.82. The van der Waals surface area contributed by atoms with Gasteiger partial charge in [0, 0.05) is 10.6 Å². The molecule has 5 aromatic rings. The summed E-state index contributed by atoms with van der Waals surface area (Å²) in [7, 11) is -4.62. The lowest BCUT2D eigenvalue weighted by Crippen LogP contribution is -2.02. The van der Waals surface area contributed by atoms with Gasteiger partial charge in [-0.3, -0.25) is 0 Å². The molecule has 34 heavy (non-hydrogen) atoms. The Kier molecular flexibility index (Phi) is 5.64. The minimum Gasteiger partial charge on any atom is -0.319 e. The third-order valence-electron chi connectivity index (χ3n) is 6.49. The highest BCUT2D eigenvalue weighted by atomic mass is 31.2. The molecule has 0 unspecified atom stereocenters. The molecule has 0 aromatic heterocycles. The van der Waals surface area contributed by atoms with Gasteiger partial charge in [-0.1, -0.05) is 97.1 Å². The summed E-state index contributed by atoms with van der Waals surface area (Å²) in [5, 5.41) is 6.51. The zero-order valence-corrected chi connectivity index (χ0v) is 21.7. The Morgan fingerprint density at radius 2 is 0.676 bits per heavy atom. The van der Waals surface area contributed by atoms with Gasteiger partial charge in [0.15, 0.2) is 0 Å². The molecule has 0 fully saturated rings. The van der Waals surface area contributed by atoms with E-state index >= 15 is 0 Å². The van der Waals surface area contributed by atoms with Crippen LogP contribution in [0.2, 0.25) is 0 Å². The van der Waals surface area contributed by atoms with Crippen molar-refractivity contribution in [2.45, 2.75) is 0 Å². The molecule has 170 valence electrons. The van der Waals surface area contributed by atoms with Crippen molar-refractivity contribution in [2.24, 2.45) is 0 Å². The molecule has 0 saturated heterocycles. The maximum absolute atomic E-state index is 12.6. The van der Waals surface area contributed by atoms with Gasteiger partial charge in [-0.15, -0.1) is 0 Å². The lowest BCUT2D eigenvalue weighted by atomic mass is 9.86. The maximum Gasteiger partial charge on any atom is 0.109 e. The van der Waals surface area contributed by atoms with Gasteiger partial charge in [0.25, 0.3) is 0 Å². The van der Waals surface area contributed by atoms with Crippen LogP contribution >= 0.6 is 14.3 Å². The third kappa shape index (κ3) is 4.07. The molecule has 0 spiro atoms. The molecular formula is C30H28O2P2. The summed E-state index contributed by atoms with van der Waals surface area (Å²) >= 11 is 0. The fourth-order valence-corrected chi connectivity index (χ4v) is 6.46. The quantitative estimate of drug-likeness (QED) is 0.193. The van der Waals surface area contributed by atoms with Crippen molar-refractivity contribution in [2.75, 3.05) is 26.7 Å². The van der Waals surface area contributed by atoms with E-state index in [-0.39, 0.29) is 0 Å². The molecule has 4 heteroatoms. The fraction of sp³-hybridized carbons (Fsp3) is 0.133. The monoisotopic (exact) mass is 482 g/mol. The van der Waals surface area contributed by atoms with Gasteiger partial charge in [-0.25, -0.2) is 0 Å². The minimum atomic E-state index is -2.31. The lowest BCUT2D eigenvalue weighted by Gasteiger charge is -2.18. The van der Waals surface area contributed by atoms with Crippen LogP contribution in [0.3, 0.4) is 0 Å². The Labute approximate surface area is 201 Å². The third-order valence-corrected chi connectivity index (χ3v) is 9.57. The summed E-state index contributed by atoms with van der Waals surface area (Å²) < 4.78 is 25.1. The van der Waals surface area contributed by atoms with Crippen LogP contribution in [-0.2, 0) is 9.13 Å². The first-order chi connectivity index (χ1) is 16.1. The van der Waals surface area contributed by atoms with Crippen molar-refractivity contribution >= 4 is 46.4 Å². The highest BCUT2D eigenvalue weighted by Gasteiger charge is 2.18. The topological polar surface area (TPSA) is 34.1 Å². The van der Waals surface area contributed by atoms with Crippen LogP contribution in [0.15, 0.2) is 97.1 Å². The van der Waals surface area contributed by atoms with Crippen molar-refractivity contribution in [3.05, 3.63) is 97.1 Å². The molecule has 0 N–H and O–H groups in total. The summed E-state index contributed by atoms with van der Waals surface area (Å²) in [6.07, 6.45) is 0. The van der Waals surface area contributed by atoms with Gasteiger partial charge in [0.2, 0.25) is 0 Å². The summed E-state index contributed by atoms with van der Waals surface area (Å²) in [4.78, 5) is 0. The first-order valence-corrected chi connectivity index (χ1v) is 16.6. The molecule has 5 rings (SSSR count). The van der Waals surface area contributed by atoms with Crippen LogP contribution in [0.25, 0.3) is 43.8 Å². The molecule has 5 aromatic carbocycles. The Hall–Kier alpha value is -2.92. The highest BCUT2D eigenvalue weighted by Crippen LogP contribution is 2.44. The fourth-order valence-electron chi connectivity index (χ4n) is 4.72. The standard InChI is InChI=1S/C30H28O2P2/c1-33(2,31)23-17-13-21(14-18-23)29-25-9-5-7-11-27(25)30(28-12-8-6-10-26(28)29)22-15-19-24(20-16-22)34(3,4)32/h5-20H,1-4H3. The number of hydrogen-bond acceptors (Lipinski definition) is 2. The van der Waals surface area contributed by atoms with Crippen LogP contribution in [0, 0.1) is 0 Å². The number of rotatable bonds is 4. The predicted molar refractivity (Wildman–Crippen MR) is 151 cm³/mol. The van der Waals surface area contributed by atoms with Crippen molar-refractivity contribution in [3.8, 4) is 22.3 Å². The van der Waals surface area contributed by atoms with Gasteiger partial charge in [0.1, 0.15) is 14.3 Å². The molecule has 2 nitrogen and oxygen atoms in total. The molecule has 0 saturated carbocycles. The lowest BCUT2D eigenvalue weighted by molar-refractivity contribution is 0.587. The molecule has 0 atom stereocenters. The predicted octanol–water partition coefficient (Wildman–Crippen LogP) is 7.82. The van der Waals surface area contributed by atoms with E-state index in [0.717, 1.165) is 21.7 Å². The van der Waals surface area contributed by atoms with Crippen LogP contribution in [0.5, 0.6) is 0 Å². The van der Waals surface area contributed by atoms with Crippen LogP contribution < -0.4 is 10.6 Å². The van der Waals surface area contributed by atoms with E-state index in [1.807, 2.05) is 50.9 Å². The van der Waals surface area contributed by atoms with E-state index in [4.69, 9.17) is 0 Å². The van der Waals surface area contributed by atoms with Gasteiger partial charge < -0.3 is 9.13 Å². The molecule has 0 heterocycles. The van der Waals surface area contributed by atoms with E-state index in [9.17, 15) is 9.13 Å². The van der Waals surface area contributed by atoms with Crippen molar-refractivity contribution in [1.82, 2.24) is 0 Å². The zero-order chi connectivity index (χ0) is 24.1. The molecule has 0 amide bonds. The summed E-state index contributed by atoms with van der Waals surface area (Å²) in [5.41, 5.74) is 4.60. The molecule has 0 aliphatic rings. The second-order valence-corrected chi connectivity index (χ2v) is 16.1. The second-order valence-electron chi connectivity index (χ2n) is 9.64. The van der Waals surface area contributed by atoms with E-state index in [0.29, 0.717) is 0 Å². The van der Waals surface area contributed by atoms with Crippen LogP contribution in [-0.4, -0.2) is 26.7 Å². The number of benzene rings is 5. The van der Waals surface area contributed by atoms with E-state index in [1.54, 1.807) is 0 Å².